The van der Waals surface area contributed by atoms with E-state index in [9.17, 15) is 9.90 Å². The Bertz CT molecular complexity index is 467. The van der Waals surface area contributed by atoms with Crippen LogP contribution in [0.4, 0.5) is 4.79 Å². The van der Waals surface area contributed by atoms with Gasteiger partial charge in [0, 0.05) is 38.8 Å². The number of hydrogen-bond acceptors (Lipinski definition) is 4. The molecule has 158 valence electrons. The van der Waals surface area contributed by atoms with E-state index >= 15 is 0 Å². The van der Waals surface area contributed by atoms with Crippen molar-refractivity contribution in [2.75, 3.05) is 32.8 Å². The minimum absolute atomic E-state index is 0.0109. The summed E-state index contributed by atoms with van der Waals surface area (Å²) in [4.78, 5) is 16.5. The Kier molecular flexibility index (Phi) is 13.1. The number of piperazine rings is 1. The Labute approximate surface area is 167 Å². The van der Waals surface area contributed by atoms with Crippen molar-refractivity contribution < 1.29 is 14.6 Å². The minimum atomic E-state index is -0.490. The fourth-order valence-electron chi connectivity index (χ4n) is 3.06. The second-order valence-corrected chi connectivity index (χ2v) is 7.33. The van der Waals surface area contributed by atoms with E-state index in [0.29, 0.717) is 13.0 Å². The first-order chi connectivity index (χ1) is 12.9. The van der Waals surface area contributed by atoms with Crippen molar-refractivity contribution in [3.05, 3.63) is 23.8 Å². The predicted octanol–water partition coefficient (Wildman–Crippen LogP) is 4.62. The average Bonchev–Trinajstić information content (AvgIpc) is 2.65. The largest absolute Gasteiger partial charge is 0.444 e. The van der Waals surface area contributed by atoms with Gasteiger partial charge in [-0.15, -0.1) is 0 Å². The molecule has 1 unspecified atom stereocenters. The van der Waals surface area contributed by atoms with E-state index < -0.39 is 5.60 Å². The molecule has 1 N–H and O–H groups in total. The lowest BCUT2D eigenvalue weighted by Crippen LogP contribution is -2.56. The molecule has 1 amide bonds. The molecule has 0 saturated carbocycles. The molecule has 1 saturated heterocycles. The smallest absolute Gasteiger partial charge is 0.410 e. The zero-order chi connectivity index (χ0) is 20.9. The second-order valence-electron chi connectivity index (χ2n) is 7.33. The minimum Gasteiger partial charge on any atom is -0.444 e. The SMILES string of the molecule is CC.CC.CC(C)(C)OC(=O)N1CCN(CC2=CCCC=C2)CC1CCO. The van der Waals surface area contributed by atoms with Crippen LogP contribution < -0.4 is 0 Å². The molecule has 0 aromatic heterocycles. The number of aliphatic hydroxyl groups is 1. The summed E-state index contributed by atoms with van der Waals surface area (Å²) in [7, 11) is 0. The summed E-state index contributed by atoms with van der Waals surface area (Å²) in [5.41, 5.74) is 0.861. The first-order valence-electron chi connectivity index (χ1n) is 10.6. The van der Waals surface area contributed by atoms with Gasteiger partial charge in [-0.3, -0.25) is 4.90 Å². The maximum Gasteiger partial charge on any atom is 0.410 e. The molecule has 1 heterocycles. The van der Waals surface area contributed by atoms with Crippen LogP contribution >= 0.6 is 0 Å². The molecular weight excluding hydrogens is 340 g/mol. The van der Waals surface area contributed by atoms with Crippen LogP contribution in [-0.2, 0) is 4.74 Å². The van der Waals surface area contributed by atoms with Gasteiger partial charge in [-0.05, 0) is 45.6 Å². The second kappa shape index (κ2) is 13.8. The van der Waals surface area contributed by atoms with Gasteiger partial charge in [0.05, 0.1) is 0 Å². The monoisotopic (exact) mass is 382 g/mol. The normalized spacial score (nSPS) is 19.9. The molecule has 0 aromatic carbocycles. The van der Waals surface area contributed by atoms with Crippen molar-refractivity contribution in [3.8, 4) is 0 Å². The van der Waals surface area contributed by atoms with Crippen molar-refractivity contribution in [2.45, 2.75) is 79.4 Å². The maximum absolute atomic E-state index is 12.4. The lowest BCUT2D eigenvalue weighted by molar-refractivity contribution is -0.00381. The van der Waals surface area contributed by atoms with Crippen LogP contribution in [0.1, 0.15) is 67.7 Å². The first-order valence-corrected chi connectivity index (χ1v) is 10.6. The van der Waals surface area contributed by atoms with Crippen LogP contribution in [0.5, 0.6) is 0 Å². The van der Waals surface area contributed by atoms with Gasteiger partial charge in [-0.2, -0.15) is 0 Å². The Morgan fingerprint density at radius 2 is 1.85 bits per heavy atom. The fourth-order valence-corrected chi connectivity index (χ4v) is 3.06. The summed E-state index contributed by atoms with van der Waals surface area (Å²) in [6.07, 6.45) is 9.27. The van der Waals surface area contributed by atoms with Crippen LogP contribution in [-0.4, -0.2) is 65.4 Å². The molecular formula is C22H42N2O3. The van der Waals surface area contributed by atoms with E-state index in [1.807, 2.05) is 48.5 Å². The number of rotatable bonds is 4. The summed E-state index contributed by atoms with van der Waals surface area (Å²) >= 11 is 0. The molecule has 0 radical (unpaired) electrons. The standard InChI is InChI=1S/C18H30N2O3.2C2H6/c1-18(2,3)23-17(22)20-11-10-19(14-16(20)9-12-21)13-15-7-5-4-6-8-15;2*1-2/h5,7-8,16,21H,4,6,9-14H2,1-3H3;2*1-2H3. The van der Waals surface area contributed by atoms with E-state index in [1.54, 1.807) is 4.90 Å². The van der Waals surface area contributed by atoms with E-state index in [4.69, 9.17) is 4.74 Å². The average molecular weight is 383 g/mol. The number of nitrogens with zero attached hydrogens (tertiary/aromatic N) is 2. The number of hydrogen-bond donors (Lipinski definition) is 1. The number of ether oxygens (including phenoxy) is 1. The Hall–Kier alpha value is -1.33. The highest BCUT2D eigenvalue weighted by Crippen LogP contribution is 2.19. The third-order valence-corrected chi connectivity index (χ3v) is 4.14. The van der Waals surface area contributed by atoms with Crippen LogP contribution in [0, 0.1) is 0 Å². The summed E-state index contributed by atoms with van der Waals surface area (Å²) in [5.74, 6) is 0. The zero-order valence-corrected chi connectivity index (χ0v) is 18.6. The molecule has 0 spiro atoms. The van der Waals surface area contributed by atoms with Gasteiger partial charge >= 0.3 is 6.09 Å². The molecule has 0 bridgehead atoms. The molecule has 1 fully saturated rings. The highest BCUT2D eigenvalue weighted by molar-refractivity contribution is 5.68. The van der Waals surface area contributed by atoms with E-state index in [-0.39, 0.29) is 18.7 Å². The van der Waals surface area contributed by atoms with Crippen molar-refractivity contribution in [1.82, 2.24) is 9.80 Å². The van der Waals surface area contributed by atoms with Crippen molar-refractivity contribution in [2.24, 2.45) is 0 Å². The highest BCUT2D eigenvalue weighted by Gasteiger charge is 2.33. The number of aliphatic hydroxyl groups excluding tert-OH is 1. The Morgan fingerprint density at radius 3 is 2.37 bits per heavy atom. The van der Waals surface area contributed by atoms with Gasteiger partial charge < -0.3 is 14.7 Å². The van der Waals surface area contributed by atoms with Crippen molar-refractivity contribution in [3.63, 3.8) is 0 Å². The lowest BCUT2D eigenvalue weighted by Gasteiger charge is -2.41. The van der Waals surface area contributed by atoms with Crippen LogP contribution in [0.25, 0.3) is 0 Å². The maximum atomic E-state index is 12.4. The number of allylic oxidation sites excluding steroid dienone is 2. The van der Waals surface area contributed by atoms with Crippen molar-refractivity contribution in [1.29, 1.82) is 0 Å². The Morgan fingerprint density at radius 1 is 1.19 bits per heavy atom. The van der Waals surface area contributed by atoms with Gasteiger partial charge in [0.2, 0.25) is 0 Å². The summed E-state index contributed by atoms with van der Waals surface area (Å²) in [5, 5.41) is 9.34. The summed E-state index contributed by atoms with van der Waals surface area (Å²) < 4.78 is 5.50. The molecule has 1 aliphatic heterocycles. The third kappa shape index (κ3) is 9.96. The predicted molar refractivity (Wildman–Crippen MR) is 114 cm³/mol. The van der Waals surface area contributed by atoms with Gasteiger partial charge in [-0.25, -0.2) is 4.79 Å². The zero-order valence-electron chi connectivity index (χ0n) is 18.6. The molecule has 2 aliphatic rings. The van der Waals surface area contributed by atoms with E-state index in [1.165, 1.54) is 5.57 Å². The highest BCUT2D eigenvalue weighted by atomic mass is 16.6. The van der Waals surface area contributed by atoms with Crippen LogP contribution in [0.2, 0.25) is 0 Å². The van der Waals surface area contributed by atoms with Gasteiger partial charge in [0.15, 0.2) is 0 Å². The molecule has 5 nitrogen and oxygen atoms in total. The van der Waals surface area contributed by atoms with Crippen LogP contribution in [0.3, 0.4) is 0 Å². The summed E-state index contributed by atoms with van der Waals surface area (Å²) in [6.45, 7) is 16.9. The van der Waals surface area contributed by atoms with Crippen molar-refractivity contribution >= 4 is 6.09 Å². The molecule has 0 aromatic rings. The first kappa shape index (κ1) is 25.7. The topological polar surface area (TPSA) is 53.0 Å². The third-order valence-electron chi connectivity index (χ3n) is 4.14. The lowest BCUT2D eigenvalue weighted by atomic mass is 10.0. The fraction of sp³-hybridized carbons (Fsp3) is 0.773. The Balaban J connectivity index is 0.00000158. The van der Waals surface area contributed by atoms with E-state index in [0.717, 1.165) is 32.5 Å². The molecule has 2 rings (SSSR count). The number of carbonyl (C=O) groups is 1. The number of carbonyl (C=O) groups excluding carboxylic acids is 1. The van der Waals surface area contributed by atoms with Gasteiger partial charge in [0.1, 0.15) is 5.60 Å². The molecule has 27 heavy (non-hydrogen) atoms. The van der Waals surface area contributed by atoms with E-state index in [2.05, 4.69) is 23.1 Å². The number of amides is 1. The molecule has 1 aliphatic carbocycles. The molecule has 1 atom stereocenters. The summed E-state index contributed by atoms with van der Waals surface area (Å²) in [6, 6.07) is 0.0109. The quantitative estimate of drug-likeness (QED) is 0.771. The molecule has 5 heteroatoms. The van der Waals surface area contributed by atoms with Gasteiger partial charge in [-0.1, -0.05) is 45.9 Å². The van der Waals surface area contributed by atoms with Crippen LogP contribution in [0.15, 0.2) is 23.8 Å². The van der Waals surface area contributed by atoms with Gasteiger partial charge in [0.25, 0.3) is 0 Å².